The molecular weight excluding hydrogens is 285 g/mol. The highest BCUT2D eigenvalue weighted by Gasteiger charge is 2.33. The molecule has 2 amide bonds. The fraction of sp³-hybridized carbons (Fsp3) is 0.176. The number of carbonyl (C=O) groups is 2. The van der Waals surface area contributed by atoms with Crippen molar-refractivity contribution in [2.24, 2.45) is 0 Å². The van der Waals surface area contributed by atoms with E-state index in [9.17, 15) is 14.0 Å². The molecule has 22 heavy (non-hydrogen) atoms. The molecule has 112 valence electrons. The highest BCUT2D eigenvalue weighted by atomic mass is 19.1. The molecule has 0 aromatic heterocycles. The lowest BCUT2D eigenvalue weighted by atomic mass is 10.1. The van der Waals surface area contributed by atoms with E-state index in [-0.39, 0.29) is 12.4 Å². The average molecular weight is 299 g/mol. The van der Waals surface area contributed by atoms with Crippen molar-refractivity contribution in [3.63, 3.8) is 0 Å². The van der Waals surface area contributed by atoms with Crippen molar-refractivity contribution >= 4 is 11.8 Å². The van der Waals surface area contributed by atoms with E-state index in [4.69, 9.17) is 4.74 Å². The largest absolute Gasteiger partial charge is 0.480 e. The van der Waals surface area contributed by atoms with E-state index >= 15 is 0 Å². The van der Waals surface area contributed by atoms with Crippen molar-refractivity contribution in [3.05, 3.63) is 65.5 Å². The summed E-state index contributed by atoms with van der Waals surface area (Å²) < 4.78 is 18.5. The molecule has 0 spiro atoms. The third-order valence-corrected chi connectivity index (χ3v) is 3.53. The minimum atomic E-state index is -0.756. The van der Waals surface area contributed by atoms with E-state index in [2.05, 4.69) is 0 Å². The molecule has 1 aliphatic heterocycles. The summed E-state index contributed by atoms with van der Waals surface area (Å²) in [7, 11) is 0. The predicted octanol–water partition coefficient (Wildman–Crippen LogP) is 2.78. The Kier molecular flexibility index (Phi) is 3.63. The van der Waals surface area contributed by atoms with Crippen molar-refractivity contribution in [2.75, 3.05) is 0 Å². The van der Waals surface area contributed by atoms with Gasteiger partial charge in [0.15, 0.2) is 6.10 Å². The van der Waals surface area contributed by atoms with Crippen LogP contribution >= 0.6 is 0 Å². The zero-order valence-corrected chi connectivity index (χ0v) is 12.0. The van der Waals surface area contributed by atoms with Crippen molar-refractivity contribution in [2.45, 2.75) is 19.6 Å². The van der Waals surface area contributed by atoms with Gasteiger partial charge >= 0.3 is 0 Å². The Hall–Kier alpha value is -2.69. The molecule has 2 aromatic rings. The lowest BCUT2D eigenvalue weighted by Crippen LogP contribution is -2.41. The molecule has 0 aliphatic carbocycles. The summed E-state index contributed by atoms with van der Waals surface area (Å²) in [4.78, 5) is 26.2. The van der Waals surface area contributed by atoms with Gasteiger partial charge in [-0.25, -0.2) is 4.39 Å². The number of ether oxygens (including phenoxy) is 1. The van der Waals surface area contributed by atoms with Gasteiger partial charge in [-0.15, -0.1) is 0 Å². The first-order valence-electron chi connectivity index (χ1n) is 6.92. The van der Waals surface area contributed by atoms with Crippen LogP contribution in [-0.2, 0) is 11.3 Å². The molecule has 0 N–H and O–H groups in total. The normalized spacial score (nSPS) is 17.7. The first-order chi connectivity index (χ1) is 10.6. The third kappa shape index (κ3) is 2.57. The molecule has 1 atom stereocenters. The van der Waals surface area contributed by atoms with E-state index in [0.717, 1.165) is 4.90 Å². The number of amides is 2. The van der Waals surface area contributed by atoms with Gasteiger partial charge in [0, 0.05) is 0 Å². The van der Waals surface area contributed by atoms with Crippen LogP contribution in [0.1, 0.15) is 22.8 Å². The van der Waals surface area contributed by atoms with Gasteiger partial charge < -0.3 is 4.74 Å². The third-order valence-electron chi connectivity index (χ3n) is 3.53. The quantitative estimate of drug-likeness (QED) is 0.801. The molecular formula is C17H14FNO3. The van der Waals surface area contributed by atoms with Gasteiger partial charge in [-0.1, -0.05) is 24.3 Å². The Morgan fingerprint density at radius 3 is 2.50 bits per heavy atom. The van der Waals surface area contributed by atoms with E-state index in [0.29, 0.717) is 16.9 Å². The monoisotopic (exact) mass is 299 g/mol. The predicted molar refractivity (Wildman–Crippen MR) is 77.8 cm³/mol. The molecule has 0 radical (unpaired) electrons. The lowest BCUT2D eigenvalue weighted by Gasteiger charge is -2.20. The zero-order valence-electron chi connectivity index (χ0n) is 12.0. The fourth-order valence-corrected chi connectivity index (χ4v) is 2.37. The van der Waals surface area contributed by atoms with Gasteiger partial charge in [0.05, 0.1) is 12.1 Å². The van der Waals surface area contributed by atoms with Crippen LogP contribution in [0.3, 0.4) is 0 Å². The van der Waals surface area contributed by atoms with Gasteiger partial charge in [0.2, 0.25) is 0 Å². The second kappa shape index (κ2) is 5.60. The molecule has 0 fully saturated rings. The number of fused-ring (bicyclic) bond motifs is 1. The smallest absolute Gasteiger partial charge is 0.270 e. The van der Waals surface area contributed by atoms with Crippen LogP contribution in [0.25, 0.3) is 0 Å². The van der Waals surface area contributed by atoms with Gasteiger partial charge in [-0.05, 0) is 36.8 Å². The number of imide groups is 1. The Morgan fingerprint density at radius 1 is 1.09 bits per heavy atom. The highest BCUT2D eigenvalue weighted by molar-refractivity contribution is 6.08. The number of nitrogens with zero attached hydrogens (tertiary/aromatic N) is 1. The average Bonchev–Trinajstić information content (AvgIpc) is 2.61. The minimum Gasteiger partial charge on any atom is -0.480 e. The summed E-state index contributed by atoms with van der Waals surface area (Å²) in [5.74, 6) is -0.783. The Balaban J connectivity index is 1.96. The maximum atomic E-state index is 13.0. The van der Waals surface area contributed by atoms with Crippen LogP contribution in [0.4, 0.5) is 4.39 Å². The molecule has 0 saturated heterocycles. The Bertz CT molecular complexity index is 727. The number of rotatable bonds is 2. The second-order valence-corrected chi connectivity index (χ2v) is 5.11. The van der Waals surface area contributed by atoms with Gasteiger partial charge in [0.25, 0.3) is 11.8 Å². The number of halogens is 1. The molecule has 0 bridgehead atoms. The van der Waals surface area contributed by atoms with Crippen molar-refractivity contribution in [3.8, 4) is 5.75 Å². The van der Waals surface area contributed by atoms with Crippen molar-refractivity contribution in [1.82, 2.24) is 4.90 Å². The number of benzene rings is 2. The summed E-state index contributed by atoms with van der Waals surface area (Å²) in [5, 5.41) is 0. The van der Waals surface area contributed by atoms with E-state index in [1.165, 1.54) is 12.1 Å². The Morgan fingerprint density at radius 2 is 1.77 bits per heavy atom. The standard InChI is InChI=1S/C17H14FNO3/c1-11-16(20)19(10-12-6-8-13(18)9-7-12)17(21)14-4-2-3-5-15(14)22-11/h2-9,11H,10H2,1H3/t11-/m1/s1. The van der Waals surface area contributed by atoms with Crippen LogP contribution in [0.2, 0.25) is 0 Å². The molecule has 1 aliphatic rings. The Labute approximate surface area is 127 Å². The lowest BCUT2D eigenvalue weighted by molar-refractivity contribution is -0.135. The number of para-hydroxylation sites is 1. The van der Waals surface area contributed by atoms with Gasteiger partial charge in [-0.2, -0.15) is 0 Å². The molecule has 2 aromatic carbocycles. The van der Waals surface area contributed by atoms with Gasteiger partial charge in [-0.3, -0.25) is 14.5 Å². The molecule has 5 heteroatoms. The number of hydrogen-bond acceptors (Lipinski definition) is 3. The maximum Gasteiger partial charge on any atom is 0.270 e. The van der Waals surface area contributed by atoms with Crippen molar-refractivity contribution < 1.29 is 18.7 Å². The number of carbonyl (C=O) groups excluding carboxylic acids is 2. The summed E-state index contributed by atoms with van der Waals surface area (Å²) >= 11 is 0. The first kappa shape index (κ1) is 14.3. The summed E-state index contributed by atoms with van der Waals surface area (Å²) in [5.41, 5.74) is 1.02. The van der Waals surface area contributed by atoms with Crippen LogP contribution in [-0.4, -0.2) is 22.8 Å². The summed E-state index contributed by atoms with van der Waals surface area (Å²) in [6.07, 6.45) is -0.756. The first-order valence-corrected chi connectivity index (χ1v) is 6.92. The van der Waals surface area contributed by atoms with Crippen LogP contribution in [0, 0.1) is 5.82 Å². The van der Waals surface area contributed by atoms with E-state index in [1.807, 2.05) is 0 Å². The minimum absolute atomic E-state index is 0.0833. The molecule has 0 saturated carbocycles. The van der Waals surface area contributed by atoms with Crippen LogP contribution < -0.4 is 4.74 Å². The topological polar surface area (TPSA) is 46.6 Å². The SMILES string of the molecule is C[C@H]1Oc2ccccc2C(=O)N(Cc2ccc(F)cc2)C1=O. The second-order valence-electron chi connectivity index (χ2n) is 5.11. The number of hydrogen-bond donors (Lipinski definition) is 0. The summed E-state index contributed by atoms with van der Waals surface area (Å²) in [6, 6.07) is 12.5. The van der Waals surface area contributed by atoms with E-state index < -0.39 is 17.9 Å². The van der Waals surface area contributed by atoms with E-state index in [1.54, 1.807) is 43.3 Å². The summed E-state index contributed by atoms with van der Waals surface area (Å²) in [6.45, 7) is 1.69. The van der Waals surface area contributed by atoms with Crippen LogP contribution in [0.15, 0.2) is 48.5 Å². The molecule has 4 nitrogen and oxygen atoms in total. The van der Waals surface area contributed by atoms with Crippen LogP contribution in [0.5, 0.6) is 5.75 Å². The van der Waals surface area contributed by atoms with Gasteiger partial charge in [0.1, 0.15) is 11.6 Å². The fourth-order valence-electron chi connectivity index (χ4n) is 2.37. The highest BCUT2D eigenvalue weighted by Crippen LogP contribution is 2.26. The molecule has 0 unspecified atom stereocenters. The molecule has 1 heterocycles. The van der Waals surface area contributed by atoms with Crippen molar-refractivity contribution in [1.29, 1.82) is 0 Å². The maximum absolute atomic E-state index is 13.0. The zero-order chi connectivity index (χ0) is 15.7. The molecule has 3 rings (SSSR count).